The second-order valence-electron chi connectivity index (χ2n) is 7.33. The van der Waals surface area contributed by atoms with Gasteiger partial charge in [0.05, 0.1) is 17.4 Å². The Labute approximate surface area is 189 Å². The minimum atomic E-state index is -0.0232. The zero-order valence-electron chi connectivity index (χ0n) is 16.9. The van der Waals surface area contributed by atoms with Gasteiger partial charge in [-0.3, -0.25) is 9.36 Å². The lowest BCUT2D eigenvalue weighted by Crippen LogP contribution is -2.24. The van der Waals surface area contributed by atoms with Crippen molar-refractivity contribution in [1.29, 1.82) is 0 Å². The SMILES string of the molecule is CN(C)c1ccc(/C=C/c2nc3ccc(I)cc3c(=O)n2Cc2ccccc2)cc1. The monoisotopic (exact) mass is 507 g/mol. The van der Waals surface area contributed by atoms with Gasteiger partial charge in [-0.25, -0.2) is 4.98 Å². The summed E-state index contributed by atoms with van der Waals surface area (Å²) in [7, 11) is 4.04. The van der Waals surface area contributed by atoms with Crippen molar-refractivity contribution in [2.24, 2.45) is 0 Å². The summed E-state index contributed by atoms with van der Waals surface area (Å²) in [6.07, 6.45) is 3.92. The van der Waals surface area contributed by atoms with E-state index in [4.69, 9.17) is 4.98 Å². The van der Waals surface area contributed by atoms with E-state index in [2.05, 4.69) is 51.8 Å². The molecule has 0 aliphatic carbocycles. The molecule has 0 unspecified atom stereocenters. The Kier molecular flexibility index (Phi) is 5.99. The zero-order chi connectivity index (χ0) is 21.1. The van der Waals surface area contributed by atoms with Gasteiger partial charge in [-0.2, -0.15) is 0 Å². The molecule has 150 valence electrons. The molecule has 0 fully saturated rings. The number of hydrogen-bond donors (Lipinski definition) is 0. The van der Waals surface area contributed by atoms with Crippen LogP contribution in [0.2, 0.25) is 0 Å². The van der Waals surface area contributed by atoms with Crippen LogP contribution in [0.5, 0.6) is 0 Å². The van der Waals surface area contributed by atoms with Crippen LogP contribution >= 0.6 is 22.6 Å². The maximum atomic E-state index is 13.3. The molecule has 0 N–H and O–H groups in total. The van der Waals surface area contributed by atoms with E-state index in [-0.39, 0.29) is 5.56 Å². The van der Waals surface area contributed by atoms with Gasteiger partial charge < -0.3 is 4.90 Å². The summed E-state index contributed by atoms with van der Waals surface area (Å²) < 4.78 is 2.77. The van der Waals surface area contributed by atoms with E-state index in [9.17, 15) is 4.79 Å². The second-order valence-corrected chi connectivity index (χ2v) is 8.57. The van der Waals surface area contributed by atoms with Gasteiger partial charge in [-0.15, -0.1) is 0 Å². The molecule has 0 atom stereocenters. The Morgan fingerprint density at radius 1 is 0.967 bits per heavy atom. The predicted molar refractivity (Wildman–Crippen MR) is 134 cm³/mol. The molecule has 3 aromatic carbocycles. The largest absolute Gasteiger partial charge is 0.378 e. The minimum Gasteiger partial charge on any atom is -0.378 e. The van der Waals surface area contributed by atoms with Gasteiger partial charge in [0.25, 0.3) is 5.56 Å². The highest BCUT2D eigenvalue weighted by molar-refractivity contribution is 14.1. The summed E-state index contributed by atoms with van der Waals surface area (Å²) in [6.45, 7) is 0.479. The lowest BCUT2D eigenvalue weighted by atomic mass is 10.1. The van der Waals surface area contributed by atoms with Crippen LogP contribution in [-0.4, -0.2) is 23.6 Å². The third-order valence-electron chi connectivity index (χ3n) is 4.96. The normalized spacial score (nSPS) is 11.3. The number of nitrogens with zero attached hydrogens (tertiary/aromatic N) is 3. The average Bonchev–Trinajstić information content (AvgIpc) is 2.76. The standard InChI is InChI=1S/C25H22IN3O/c1-28(2)21-12-8-18(9-13-21)10-15-24-27-23-14-11-20(26)16-22(23)25(30)29(24)17-19-6-4-3-5-7-19/h3-16H,17H2,1-2H3/b15-10+. The van der Waals surface area contributed by atoms with Crippen molar-refractivity contribution in [3.63, 3.8) is 0 Å². The van der Waals surface area contributed by atoms with Gasteiger partial charge in [0, 0.05) is 23.4 Å². The zero-order valence-corrected chi connectivity index (χ0v) is 19.1. The van der Waals surface area contributed by atoms with Crippen molar-refractivity contribution < 1.29 is 0 Å². The summed E-state index contributed by atoms with van der Waals surface area (Å²) >= 11 is 2.23. The number of aromatic nitrogens is 2. The van der Waals surface area contributed by atoms with E-state index < -0.39 is 0 Å². The summed E-state index contributed by atoms with van der Waals surface area (Å²) in [5.74, 6) is 0.647. The van der Waals surface area contributed by atoms with Crippen LogP contribution in [0, 0.1) is 3.57 Å². The maximum absolute atomic E-state index is 13.3. The third-order valence-corrected chi connectivity index (χ3v) is 5.63. The molecule has 0 aliphatic heterocycles. The first-order valence-electron chi connectivity index (χ1n) is 9.71. The topological polar surface area (TPSA) is 38.1 Å². The van der Waals surface area contributed by atoms with Crippen molar-refractivity contribution in [3.05, 3.63) is 104 Å². The van der Waals surface area contributed by atoms with Crippen molar-refractivity contribution in [1.82, 2.24) is 9.55 Å². The molecule has 30 heavy (non-hydrogen) atoms. The fourth-order valence-corrected chi connectivity index (χ4v) is 3.80. The first-order valence-corrected chi connectivity index (χ1v) is 10.8. The van der Waals surface area contributed by atoms with Crippen molar-refractivity contribution in [2.45, 2.75) is 6.54 Å². The molecule has 0 saturated carbocycles. The molecule has 0 spiro atoms. The van der Waals surface area contributed by atoms with E-state index >= 15 is 0 Å². The molecule has 4 nitrogen and oxygen atoms in total. The van der Waals surface area contributed by atoms with E-state index in [0.29, 0.717) is 23.3 Å². The van der Waals surface area contributed by atoms with Gasteiger partial charge in [-0.05, 0) is 70.1 Å². The third kappa shape index (κ3) is 4.46. The van der Waals surface area contributed by atoms with E-state index in [1.165, 1.54) is 0 Å². The lowest BCUT2D eigenvalue weighted by Gasteiger charge is -2.12. The Morgan fingerprint density at radius 3 is 2.40 bits per heavy atom. The van der Waals surface area contributed by atoms with E-state index in [1.807, 2.05) is 74.8 Å². The number of halogens is 1. The molecule has 4 rings (SSSR count). The van der Waals surface area contributed by atoms with Gasteiger partial charge in [0.1, 0.15) is 5.82 Å². The maximum Gasteiger partial charge on any atom is 0.261 e. The van der Waals surface area contributed by atoms with Crippen LogP contribution in [0.25, 0.3) is 23.1 Å². The molecule has 0 aliphatic rings. The molecule has 1 aromatic heterocycles. The summed E-state index contributed by atoms with van der Waals surface area (Å²) in [4.78, 5) is 20.2. The fourth-order valence-electron chi connectivity index (χ4n) is 3.31. The molecule has 0 amide bonds. The van der Waals surface area contributed by atoms with Gasteiger partial charge in [0.15, 0.2) is 0 Å². The van der Waals surface area contributed by atoms with Crippen LogP contribution in [0.4, 0.5) is 5.69 Å². The minimum absolute atomic E-state index is 0.0232. The predicted octanol–water partition coefficient (Wildman–Crippen LogP) is 5.29. The Bertz CT molecular complexity index is 1260. The lowest BCUT2D eigenvalue weighted by molar-refractivity contribution is 0.738. The molecule has 4 aromatic rings. The quantitative estimate of drug-likeness (QED) is 0.345. The summed E-state index contributed by atoms with van der Waals surface area (Å²) in [5, 5.41) is 0.644. The van der Waals surface area contributed by atoms with Crippen LogP contribution in [0.3, 0.4) is 0 Å². The van der Waals surface area contributed by atoms with Crippen molar-refractivity contribution >= 4 is 51.3 Å². The van der Waals surface area contributed by atoms with Gasteiger partial charge in [-0.1, -0.05) is 48.5 Å². The Morgan fingerprint density at radius 2 is 1.70 bits per heavy atom. The molecule has 0 saturated heterocycles. The van der Waals surface area contributed by atoms with Crippen LogP contribution in [-0.2, 0) is 6.54 Å². The number of anilines is 1. The molecule has 0 radical (unpaired) electrons. The van der Waals surface area contributed by atoms with Gasteiger partial charge in [0.2, 0.25) is 0 Å². The number of fused-ring (bicyclic) bond motifs is 1. The number of benzene rings is 3. The molecule has 1 heterocycles. The van der Waals surface area contributed by atoms with Crippen LogP contribution < -0.4 is 10.5 Å². The Balaban J connectivity index is 1.79. The highest BCUT2D eigenvalue weighted by atomic mass is 127. The fraction of sp³-hybridized carbons (Fsp3) is 0.120. The highest BCUT2D eigenvalue weighted by Crippen LogP contribution is 2.17. The number of hydrogen-bond acceptors (Lipinski definition) is 3. The first kappa shape index (κ1) is 20.3. The molecule has 5 heteroatoms. The van der Waals surface area contributed by atoms with E-state index in [1.54, 1.807) is 4.57 Å². The van der Waals surface area contributed by atoms with Gasteiger partial charge >= 0.3 is 0 Å². The van der Waals surface area contributed by atoms with Crippen molar-refractivity contribution in [3.8, 4) is 0 Å². The highest BCUT2D eigenvalue weighted by Gasteiger charge is 2.10. The smallest absolute Gasteiger partial charge is 0.261 e. The van der Waals surface area contributed by atoms with E-state index in [0.717, 1.165) is 20.4 Å². The second kappa shape index (κ2) is 8.83. The first-order chi connectivity index (χ1) is 14.5. The Hall–Kier alpha value is -2.93. The average molecular weight is 507 g/mol. The summed E-state index contributed by atoms with van der Waals surface area (Å²) in [6, 6.07) is 24.1. The molecular formula is C25H22IN3O. The number of rotatable bonds is 5. The van der Waals surface area contributed by atoms with Crippen molar-refractivity contribution in [2.75, 3.05) is 19.0 Å². The van der Waals surface area contributed by atoms with Crippen LogP contribution in [0.1, 0.15) is 17.0 Å². The molecule has 0 bridgehead atoms. The van der Waals surface area contributed by atoms with Crippen LogP contribution in [0.15, 0.2) is 77.6 Å². The molecular weight excluding hydrogens is 485 g/mol. The summed E-state index contributed by atoms with van der Waals surface area (Å²) in [5.41, 5.74) is 3.96.